The summed E-state index contributed by atoms with van der Waals surface area (Å²) in [6.45, 7) is 4.34. The maximum Gasteiger partial charge on any atom is 0.193 e. The highest BCUT2D eigenvalue weighted by atomic mass is 35.5. The van der Waals surface area contributed by atoms with Crippen molar-refractivity contribution in [2.75, 3.05) is 11.4 Å². The van der Waals surface area contributed by atoms with Gasteiger partial charge >= 0.3 is 0 Å². The third-order valence-corrected chi connectivity index (χ3v) is 2.61. The molecule has 0 aliphatic rings. The zero-order chi connectivity index (χ0) is 11.6. The Hall–Kier alpha value is -0.930. The van der Waals surface area contributed by atoms with Gasteiger partial charge in [-0.1, -0.05) is 23.2 Å². The van der Waals surface area contributed by atoms with Crippen LogP contribution in [0, 0.1) is 12.3 Å². The van der Waals surface area contributed by atoms with Crippen molar-refractivity contribution in [2.24, 2.45) is 5.73 Å². The second kappa shape index (κ2) is 4.73. The average Bonchev–Trinajstić information content (AvgIpc) is 2.09. The highest BCUT2D eigenvalue weighted by Crippen LogP contribution is 2.34. The SMILES string of the molecule is CCN(C(=N)N)c1c(Cl)cc(C)cc1Cl. The van der Waals surface area contributed by atoms with Crippen LogP contribution in [0.3, 0.4) is 0 Å². The maximum absolute atomic E-state index is 7.42. The molecular weight excluding hydrogens is 233 g/mol. The first kappa shape index (κ1) is 12.1. The molecule has 0 amide bonds. The lowest BCUT2D eigenvalue weighted by Crippen LogP contribution is -2.36. The summed E-state index contributed by atoms with van der Waals surface area (Å²) in [6.07, 6.45) is 0. The summed E-state index contributed by atoms with van der Waals surface area (Å²) < 4.78 is 0. The number of halogens is 2. The Labute approximate surface area is 99.3 Å². The van der Waals surface area contributed by atoms with Crippen molar-refractivity contribution in [3.8, 4) is 0 Å². The second-order valence-corrected chi connectivity index (χ2v) is 4.02. The van der Waals surface area contributed by atoms with Crippen molar-refractivity contribution in [1.82, 2.24) is 0 Å². The van der Waals surface area contributed by atoms with E-state index in [0.717, 1.165) is 5.56 Å². The molecule has 0 saturated carbocycles. The first-order valence-electron chi connectivity index (χ1n) is 4.54. The number of aryl methyl sites for hydroxylation is 1. The number of nitrogens with one attached hydrogen (secondary N) is 1. The molecule has 3 N–H and O–H groups in total. The van der Waals surface area contributed by atoms with Gasteiger partial charge in [0.1, 0.15) is 0 Å². The van der Waals surface area contributed by atoms with Gasteiger partial charge in [-0.2, -0.15) is 0 Å². The number of nitrogens with zero attached hydrogens (tertiary/aromatic N) is 1. The number of nitrogens with two attached hydrogens (primary N) is 1. The summed E-state index contributed by atoms with van der Waals surface area (Å²) in [7, 11) is 0. The number of guanidine groups is 1. The normalized spacial score (nSPS) is 10.1. The van der Waals surface area contributed by atoms with Gasteiger partial charge in [-0.15, -0.1) is 0 Å². The van der Waals surface area contributed by atoms with E-state index in [1.807, 2.05) is 13.8 Å². The predicted octanol–water partition coefficient (Wildman–Crippen LogP) is 3.02. The quantitative estimate of drug-likeness (QED) is 0.622. The Balaban J connectivity index is 3.29. The van der Waals surface area contributed by atoms with Gasteiger partial charge in [0.05, 0.1) is 15.7 Å². The summed E-state index contributed by atoms with van der Waals surface area (Å²) in [5.74, 6) is -0.0647. The van der Waals surface area contributed by atoms with Crippen LogP contribution in [-0.4, -0.2) is 12.5 Å². The fourth-order valence-corrected chi connectivity index (χ4v) is 2.20. The fourth-order valence-electron chi connectivity index (χ4n) is 1.40. The molecule has 0 unspecified atom stereocenters. The van der Waals surface area contributed by atoms with Crippen molar-refractivity contribution in [1.29, 1.82) is 5.41 Å². The molecule has 0 bridgehead atoms. The predicted molar refractivity (Wildman–Crippen MR) is 66.1 cm³/mol. The van der Waals surface area contributed by atoms with E-state index in [1.165, 1.54) is 0 Å². The van der Waals surface area contributed by atoms with Crippen molar-refractivity contribution in [3.05, 3.63) is 27.7 Å². The van der Waals surface area contributed by atoms with Gasteiger partial charge in [-0.3, -0.25) is 5.41 Å². The van der Waals surface area contributed by atoms with E-state index in [2.05, 4.69) is 0 Å². The minimum atomic E-state index is -0.0647. The Morgan fingerprint density at radius 3 is 2.20 bits per heavy atom. The molecule has 1 aromatic rings. The Morgan fingerprint density at radius 1 is 1.40 bits per heavy atom. The van der Waals surface area contributed by atoms with E-state index in [1.54, 1.807) is 17.0 Å². The van der Waals surface area contributed by atoms with E-state index in [9.17, 15) is 0 Å². The third kappa shape index (κ3) is 2.55. The smallest absolute Gasteiger partial charge is 0.193 e. The summed E-state index contributed by atoms with van der Waals surface area (Å²) in [6, 6.07) is 3.60. The largest absolute Gasteiger partial charge is 0.370 e. The van der Waals surface area contributed by atoms with Gasteiger partial charge in [-0.05, 0) is 31.5 Å². The van der Waals surface area contributed by atoms with Crippen LogP contribution in [0.1, 0.15) is 12.5 Å². The van der Waals surface area contributed by atoms with E-state index in [4.69, 9.17) is 34.3 Å². The van der Waals surface area contributed by atoms with Crippen LogP contribution in [0.15, 0.2) is 12.1 Å². The van der Waals surface area contributed by atoms with Gasteiger partial charge in [0.2, 0.25) is 0 Å². The molecule has 0 aromatic heterocycles. The number of hydrogen-bond acceptors (Lipinski definition) is 1. The highest BCUT2D eigenvalue weighted by Gasteiger charge is 2.15. The lowest BCUT2D eigenvalue weighted by molar-refractivity contribution is 1.03. The van der Waals surface area contributed by atoms with E-state index < -0.39 is 0 Å². The molecule has 15 heavy (non-hydrogen) atoms. The van der Waals surface area contributed by atoms with Gasteiger partial charge in [0.15, 0.2) is 5.96 Å². The summed E-state index contributed by atoms with van der Waals surface area (Å²) in [4.78, 5) is 1.56. The molecule has 1 aromatic carbocycles. The zero-order valence-corrected chi connectivity index (χ0v) is 10.2. The molecule has 0 heterocycles. The minimum absolute atomic E-state index is 0.0647. The molecular formula is C10H13Cl2N3. The number of anilines is 1. The van der Waals surface area contributed by atoms with Gasteiger partial charge in [0, 0.05) is 6.54 Å². The number of benzene rings is 1. The van der Waals surface area contributed by atoms with Crippen molar-refractivity contribution < 1.29 is 0 Å². The van der Waals surface area contributed by atoms with Crippen LogP contribution in [-0.2, 0) is 0 Å². The summed E-state index contributed by atoms with van der Waals surface area (Å²) >= 11 is 12.1. The number of hydrogen-bond donors (Lipinski definition) is 2. The van der Waals surface area contributed by atoms with Crippen LogP contribution < -0.4 is 10.6 Å². The molecule has 0 saturated heterocycles. The molecule has 0 atom stereocenters. The Morgan fingerprint density at radius 2 is 1.87 bits per heavy atom. The van der Waals surface area contributed by atoms with Gasteiger partial charge < -0.3 is 10.6 Å². The molecule has 1 rings (SSSR count). The van der Waals surface area contributed by atoms with Gasteiger partial charge in [-0.25, -0.2) is 0 Å². The van der Waals surface area contributed by atoms with Crippen molar-refractivity contribution in [3.63, 3.8) is 0 Å². The Bertz CT molecular complexity index is 367. The topological polar surface area (TPSA) is 53.1 Å². The minimum Gasteiger partial charge on any atom is -0.370 e. The molecule has 0 aliphatic heterocycles. The highest BCUT2D eigenvalue weighted by molar-refractivity contribution is 6.40. The molecule has 82 valence electrons. The average molecular weight is 246 g/mol. The lowest BCUT2D eigenvalue weighted by atomic mass is 10.2. The van der Waals surface area contributed by atoms with Crippen LogP contribution in [0.5, 0.6) is 0 Å². The molecule has 0 aliphatic carbocycles. The van der Waals surface area contributed by atoms with Gasteiger partial charge in [0.25, 0.3) is 0 Å². The molecule has 0 fully saturated rings. The second-order valence-electron chi connectivity index (χ2n) is 3.21. The van der Waals surface area contributed by atoms with E-state index >= 15 is 0 Å². The van der Waals surface area contributed by atoms with Crippen LogP contribution in [0.2, 0.25) is 10.0 Å². The van der Waals surface area contributed by atoms with Crippen LogP contribution in [0.25, 0.3) is 0 Å². The first-order valence-corrected chi connectivity index (χ1v) is 5.30. The summed E-state index contributed by atoms with van der Waals surface area (Å²) in [5.41, 5.74) is 7.02. The summed E-state index contributed by atoms with van der Waals surface area (Å²) in [5, 5.41) is 8.44. The fraction of sp³-hybridized carbons (Fsp3) is 0.300. The third-order valence-electron chi connectivity index (χ3n) is 2.04. The number of rotatable bonds is 2. The molecule has 0 spiro atoms. The van der Waals surface area contributed by atoms with Crippen molar-refractivity contribution >= 4 is 34.8 Å². The van der Waals surface area contributed by atoms with E-state index in [0.29, 0.717) is 22.3 Å². The van der Waals surface area contributed by atoms with Crippen LogP contribution in [0.4, 0.5) is 5.69 Å². The molecule has 5 heteroatoms. The van der Waals surface area contributed by atoms with Crippen LogP contribution >= 0.6 is 23.2 Å². The first-order chi connectivity index (χ1) is 6.97. The van der Waals surface area contributed by atoms with Crippen molar-refractivity contribution in [2.45, 2.75) is 13.8 Å². The maximum atomic E-state index is 7.42. The molecule has 3 nitrogen and oxygen atoms in total. The molecule has 0 radical (unpaired) electrons. The van der Waals surface area contributed by atoms with E-state index in [-0.39, 0.29) is 5.96 Å². The zero-order valence-electron chi connectivity index (χ0n) is 8.64. The standard InChI is InChI=1S/C10H13Cl2N3/c1-3-15(10(13)14)9-7(11)4-6(2)5-8(9)12/h4-5H,3H2,1-2H3,(H3,13,14). The Kier molecular flexibility index (Phi) is 3.83. The lowest BCUT2D eigenvalue weighted by Gasteiger charge is -2.23. The monoisotopic (exact) mass is 245 g/mol.